The summed E-state index contributed by atoms with van der Waals surface area (Å²) in [4.78, 5) is 40.4. The van der Waals surface area contributed by atoms with Crippen molar-refractivity contribution >= 4 is 23.5 Å². The molecule has 144 valence electrons. The SMILES string of the molecule is CCOC(=O)[C@@H]1[C@@H]2C(=O)N(c3cccc(OC)c3)C(=O)[C@]12c1ccc(C)cc1. The highest BCUT2D eigenvalue weighted by Crippen LogP contribution is 2.66. The zero-order chi connectivity index (χ0) is 20.1. The molecule has 2 amide bonds. The van der Waals surface area contributed by atoms with Crippen molar-refractivity contribution < 1.29 is 23.9 Å². The van der Waals surface area contributed by atoms with Crippen molar-refractivity contribution in [2.75, 3.05) is 18.6 Å². The number of esters is 1. The lowest BCUT2D eigenvalue weighted by atomic mass is 9.91. The molecule has 1 aliphatic heterocycles. The Bertz CT molecular complexity index is 967. The maximum atomic E-state index is 13.5. The van der Waals surface area contributed by atoms with Crippen molar-refractivity contribution in [1.29, 1.82) is 0 Å². The molecular weight excluding hydrogens is 358 g/mol. The minimum absolute atomic E-state index is 0.202. The van der Waals surface area contributed by atoms with Crippen LogP contribution in [0.5, 0.6) is 5.75 Å². The van der Waals surface area contributed by atoms with E-state index in [1.165, 1.54) is 12.0 Å². The van der Waals surface area contributed by atoms with Gasteiger partial charge < -0.3 is 9.47 Å². The van der Waals surface area contributed by atoms with Gasteiger partial charge >= 0.3 is 5.97 Å². The highest BCUT2D eigenvalue weighted by atomic mass is 16.5. The van der Waals surface area contributed by atoms with E-state index in [1.54, 1.807) is 31.2 Å². The number of hydrogen-bond donors (Lipinski definition) is 0. The van der Waals surface area contributed by atoms with Gasteiger partial charge in [-0.25, -0.2) is 4.90 Å². The van der Waals surface area contributed by atoms with Crippen molar-refractivity contribution in [3.8, 4) is 5.75 Å². The Morgan fingerprint density at radius 3 is 2.50 bits per heavy atom. The van der Waals surface area contributed by atoms with Gasteiger partial charge in [0.05, 0.1) is 31.2 Å². The Kier molecular flexibility index (Phi) is 4.22. The molecule has 6 heteroatoms. The second-order valence-electron chi connectivity index (χ2n) is 7.12. The molecule has 1 aliphatic carbocycles. The summed E-state index contributed by atoms with van der Waals surface area (Å²) >= 11 is 0. The monoisotopic (exact) mass is 379 g/mol. The molecule has 1 saturated heterocycles. The average Bonchev–Trinajstić information content (AvgIpc) is 3.34. The van der Waals surface area contributed by atoms with E-state index in [1.807, 2.05) is 31.2 Å². The van der Waals surface area contributed by atoms with Gasteiger partial charge in [-0.15, -0.1) is 0 Å². The number of nitrogens with zero attached hydrogens (tertiary/aromatic N) is 1. The number of carbonyl (C=O) groups excluding carboxylic acids is 3. The van der Waals surface area contributed by atoms with E-state index in [0.717, 1.165) is 5.56 Å². The first kappa shape index (κ1) is 18.2. The van der Waals surface area contributed by atoms with Crippen LogP contribution in [0.4, 0.5) is 5.69 Å². The third-order valence-corrected chi connectivity index (χ3v) is 5.63. The Labute approximate surface area is 163 Å². The predicted molar refractivity (Wildman–Crippen MR) is 102 cm³/mol. The van der Waals surface area contributed by atoms with Crippen LogP contribution in [-0.4, -0.2) is 31.5 Å². The van der Waals surface area contributed by atoms with Gasteiger partial charge in [0.15, 0.2) is 0 Å². The van der Waals surface area contributed by atoms with Crippen LogP contribution >= 0.6 is 0 Å². The fourth-order valence-electron chi connectivity index (χ4n) is 4.28. The molecule has 4 rings (SSSR count). The van der Waals surface area contributed by atoms with Crippen molar-refractivity contribution in [3.63, 3.8) is 0 Å². The number of piperidine rings is 1. The maximum Gasteiger partial charge on any atom is 0.311 e. The Balaban J connectivity index is 1.80. The molecule has 28 heavy (non-hydrogen) atoms. The maximum absolute atomic E-state index is 13.5. The first-order valence-electron chi connectivity index (χ1n) is 9.23. The molecule has 3 atom stereocenters. The van der Waals surface area contributed by atoms with Crippen LogP contribution in [0.25, 0.3) is 0 Å². The lowest BCUT2D eigenvalue weighted by Gasteiger charge is -2.22. The molecule has 0 N–H and O–H groups in total. The number of rotatable bonds is 5. The number of carbonyl (C=O) groups is 3. The van der Waals surface area contributed by atoms with Gasteiger partial charge in [-0.3, -0.25) is 14.4 Å². The molecule has 2 aromatic carbocycles. The standard InChI is InChI=1S/C22H21NO5/c1-4-28-20(25)18-17-19(24)23(15-6-5-7-16(12-15)27-3)21(26)22(17,18)14-10-8-13(2)9-11-14/h5-12,17-18H,4H2,1-3H3/t17-,18+,22+/m1/s1. The fourth-order valence-corrected chi connectivity index (χ4v) is 4.28. The molecule has 2 aliphatic rings. The van der Waals surface area contributed by atoms with Gasteiger partial charge in [0.25, 0.3) is 0 Å². The van der Waals surface area contributed by atoms with Crippen LogP contribution in [0.15, 0.2) is 48.5 Å². The second kappa shape index (κ2) is 6.48. The molecule has 0 spiro atoms. The molecule has 1 saturated carbocycles. The molecule has 1 heterocycles. The van der Waals surface area contributed by atoms with Crippen molar-refractivity contribution in [1.82, 2.24) is 0 Å². The lowest BCUT2D eigenvalue weighted by Crippen LogP contribution is -2.40. The van der Waals surface area contributed by atoms with E-state index in [0.29, 0.717) is 17.0 Å². The molecule has 0 bridgehead atoms. The van der Waals surface area contributed by atoms with Crippen molar-refractivity contribution in [2.45, 2.75) is 19.3 Å². The summed E-state index contributed by atoms with van der Waals surface area (Å²) in [6.45, 7) is 3.85. The quantitative estimate of drug-likeness (QED) is 0.590. The topological polar surface area (TPSA) is 72.9 Å². The number of amides is 2. The van der Waals surface area contributed by atoms with Crippen LogP contribution < -0.4 is 9.64 Å². The number of anilines is 1. The zero-order valence-electron chi connectivity index (χ0n) is 16.0. The smallest absolute Gasteiger partial charge is 0.311 e. The van der Waals surface area contributed by atoms with Gasteiger partial charge in [0, 0.05) is 6.07 Å². The molecule has 0 unspecified atom stereocenters. The summed E-state index contributed by atoms with van der Waals surface area (Å²) < 4.78 is 10.4. The van der Waals surface area contributed by atoms with Gasteiger partial charge in [0.2, 0.25) is 11.8 Å². The first-order chi connectivity index (χ1) is 13.5. The summed E-state index contributed by atoms with van der Waals surface area (Å²) in [5.74, 6) is -2.25. The van der Waals surface area contributed by atoms with Crippen LogP contribution in [0.3, 0.4) is 0 Å². The summed E-state index contributed by atoms with van der Waals surface area (Å²) in [7, 11) is 1.52. The van der Waals surface area contributed by atoms with Crippen molar-refractivity contribution in [3.05, 3.63) is 59.7 Å². The number of ether oxygens (including phenoxy) is 2. The Morgan fingerprint density at radius 2 is 1.86 bits per heavy atom. The summed E-state index contributed by atoms with van der Waals surface area (Å²) in [6.07, 6.45) is 0. The average molecular weight is 379 g/mol. The van der Waals surface area contributed by atoms with E-state index in [9.17, 15) is 14.4 Å². The lowest BCUT2D eigenvalue weighted by molar-refractivity contribution is -0.147. The van der Waals surface area contributed by atoms with Gasteiger partial charge in [0.1, 0.15) is 11.2 Å². The van der Waals surface area contributed by atoms with Crippen LogP contribution in [-0.2, 0) is 24.5 Å². The number of hydrogen-bond acceptors (Lipinski definition) is 5. The van der Waals surface area contributed by atoms with E-state index in [4.69, 9.17) is 9.47 Å². The number of benzene rings is 2. The number of aryl methyl sites for hydroxylation is 1. The van der Waals surface area contributed by atoms with Crippen LogP contribution in [0, 0.1) is 18.8 Å². The molecular formula is C22H21NO5. The van der Waals surface area contributed by atoms with Gasteiger partial charge in [-0.1, -0.05) is 35.9 Å². The third-order valence-electron chi connectivity index (χ3n) is 5.63. The summed E-state index contributed by atoms with van der Waals surface area (Å²) in [5.41, 5.74) is 0.951. The molecule has 0 aromatic heterocycles. The van der Waals surface area contributed by atoms with E-state index in [-0.39, 0.29) is 12.5 Å². The number of fused-ring (bicyclic) bond motifs is 1. The highest BCUT2D eigenvalue weighted by molar-refractivity contribution is 6.31. The van der Waals surface area contributed by atoms with Crippen LogP contribution in [0.2, 0.25) is 0 Å². The molecule has 6 nitrogen and oxygen atoms in total. The summed E-state index contributed by atoms with van der Waals surface area (Å²) in [5, 5.41) is 0. The second-order valence-corrected chi connectivity index (χ2v) is 7.12. The van der Waals surface area contributed by atoms with E-state index >= 15 is 0 Å². The minimum atomic E-state index is -1.19. The molecule has 2 fully saturated rings. The fraction of sp³-hybridized carbons (Fsp3) is 0.318. The highest BCUT2D eigenvalue weighted by Gasteiger charge is 2.83. The van der Waals surface area contributed by atoms with E-state index in [2.05, 4.69) is 0 Å². The third kappa shape index (κ3) is 2.37. The molecule has 0 radical (unpaired) electrons. The zero-order valence-corrected chi connectivity index (χ0v) is 16.0. The van der Waals surface area contributed by atoms with E-state index < -0.39 is 29.1 Å². The summed E-state index contributed by atoms with van der Waals surface area (Å²) in [6, 6.07) is 14.2. The number of imide groups is 1. The first-order valence-corrected chi connectivity index (χ1v) is 9.23. The largest absolute Gasteiger partial charge is 0.497 e. The minimum Gasteiger partial charge on any atom is -0.497 e. The van der Waals surface area contributed by atoms with Crippen LogP contribution in [0.1, 0.15) is 18.1 Å². The Morgan fingerprint density at radius 1 is 1.14 bits per heavy atom. The van der Waals surface area contributed by atoms with Gasteiger partial charge in [-0.2, -0.15) is 0 Å². The predicted octanol–water partition coefficient (Wildman–Crippen LogP) is 2.62. The number of methoxy groups -OCH3 is 1. The Hall–Kier alpha value is -3.15. The molecule has 2 aromatic rings. The normalized spacial score (nSPS) is 25.5. The van der Waals surface area contributed by atoms with Crippen molar-refractivity contribution in [2.24, 2.45) is 11.8 Å². The van der Waals surface area contributed by atoms with Gasteiger partial charge in [-0.05, 0) is 31.5 Å².